The Morgan fingerprint density at radius 2 is 1.89 bits per heavy atom. The molecule has 4 rings (SSSR count). The predicted molar refractivity (Wildman–Crippen MR) is 104 cm³/mol. The van der Waals surface area contributed by atoms with Crippen LogP contribution in [0.25, 0.3) is 11.3 Å². The van der Waals surface area contributed by atoms with Crippen molar-refractivity contribution in [3.63, 3.8) is 0 Å². The number of pyridine rings is 1. The Kier molecular flexibility index (Phi) is 5.49. The lowest BCUT2D eigenvalue weighted by atomic mass is 10.0. The fourth-order valence-electron chi connectivity index (χ4n) is 3.75. The van der Waals surface area contributed by atoms with Crippen LogP contribution in [0, 0.1) is 0 Å². The molecule has 0 bridgehead atoms. The average Bonchev–Trinajstić information content (AvgIpc) is 3.10. The number of aromatic nitrogens is 2. The average molecular weight is 363 g/mol. The van der Waals surface area contributed by atoms with Crippen LogP contribution in [0.15, 0.2) is 59.4 Å². The van der Waals surface area contributed by atoms with Crippen molar-refractivity contribution in [3.8, 4) is 17.1 Å². The number of benzene rings is 1. The Hall–Kier alpha value is -2.66. The maximum Gasteiger partial charge on any atom is 0.167 e. The van der Waals surface area contributed by atoms with Gasteiger partial charge in [0.05, 0.1) is 13.2 Å². The van der Waals surface area contributed by atoms with E-state index in [-0.39, 0.29) is 6.04 Å². The first kappa shape index (κ1) is 17.7. The molecule has 1 aliphatic heterocycles. The molecular formula is C22H25N3O2. The molecule has 2 aromatic heterocycles. The summed E-state index contributed by atoms with van der Waals surface area (Å²) in [7, 11) is 1.67. The van der Waals surface area contributed by atoms with Gasteiger partial charge < -0.3 is 9.26 Å². The van der Waals surface area contributed by atoms with Gasteiger partial charge in [0.1, 0.15) is 11.4 Å². The monoisotopic (exact) mass is 363 g/mol. The molecule has 140 valence electrons. The summed E-state index contributed by atoms with van der Waals surface area (Å²) in [6.07, 6.45) is 8.55. The third kappa shape index (κ3) is 4.19. The Balaban J connectivity index is 1.56. The smallest absolute Gasteiger partial charge is 0.167 e. The molecule has 5 heteroatoms. The number of likely N-dealkylation sites (tertiary alicyclic amines) is 1. The van der Waals surface area contributed by atoms with E-state index in [0.29, 0.717) is 0 Å². The van der Waals surface area contributed by atoms with E-state index in [1.165, 1.54) is 24.8 Å². The van der Waals surface area contributed by atoms with E-state index in [1.807, 2.05) is 36.7 Å². The highest BCUT2D eigenvalue weighted by Gasteiger charge is 2.26. The molecule has 1 fully saturated rings. The van der Waals surface area contributed by atoms with Crippen molar-refractivity contribution < 1.29 is 9.26 Å². The number of ether oxygens (including phenoxy) is 1. The number of hydrogen-bond donors (Lipinski definition) is 0. The Labute approximate surface area is 160 Å². The lowest BCUT2D eigenvalue weighted by Gasteiger charge is -2.28. The third-order valence-electron chi connectivity index (χ3n) is 5.24. The van der Waals surface area contributed by atoms with E-state index in [9.17, 15) is 0 Å². The van der Waals surface area contributed by atoms with Gasteiger partial charge in [-0.15, -0.1) is 0 Å². The van der Waals surface area contributed by atoms with E-state index in [0.717, 1.165) is 42.3 Å². The van der Waals surface area contributed by atoms with Crippen LogP contribution in [0.3, 0.4) is 0 Å². The fourth-order valence-corrected chi connectivity index (χ4v) is 3.75. The van der Waals surface area contributed by atoms with Crippen LogP contribution in [0.4, 0.5) is 0 Å². The predicted octanol–water partition coefficient (Wildman–Crippen LogP) is 4.86. The topological polar surface area (TPSA) is 51.4 Å². The minimum atomic E-state index is 0.288. The van der Waals surface area contributed by atoms with Crippen molar-refractivity contribution in [2.75, 3.05) is 13.7 Å². The standard InChI is InChI=1S/C22H25N3O2/c1-26-19-8-6-18(7-9-19)22-15-20(24-27-22)21-5-3-2-4-14-25(21)16-17-10-12-23-13-11-17/h6-13,15,21H,2-5,14,16H2,1H3/t21-/m0/s1. The highest BCUT2D eigenvalue weighted by molar-refractivity contribution is 5.58. The largest absolute Gasteiger partial charge is 0.497 e. The summed E-state index contributed by atoms with van der Waals surface area (Å²) in [5.41, 5.74) is 3.33. The van der Waals surface area contributed by atoms with Crippen molar-refractivity contribution >= 4 is 0 Å². The van der Waals surface area contributed by atoms with Gasteiger partial charge in [-0.25, -0.2) is 0 Å². The van der Waals surface area contributed by atoms with Gasteiger partial charge in [0.2, 0.25) is 0 Å². The van der Waals surface area contributed by atoms with Crippen molar-refractivity contribution in [1.82, 2.24) is 15.0 Å². The van der Waals surface area contributed by atoms with E-state index in [2.05, 4.69) is 33.2 Å². The number of rotatable bonds is 5. The molecule has 0 unspecified atom stereocenters. The van der Waals surface area contributed by atoms with E-state index in [1.54, 1.807) is 7.11 Å². The van der Waals surface area contributed by atoms with Crippen LogP contribution >= 0.6 is 0 Å². The van der Waals surface area contributed by atoms with Crippen molar-refractivity contribution in [2.24, 2.45) is 0 Å². The van der Waals surface area contributed by atoms with Gasteiger partial charge in [-0.05, 0) is 61.3 Å². The van der Waals surface area contributed by atoms with Crippen LogP contribution in [0.1, 0.15) is 43.0 Å². The highest BCUT2D eigenvalue weighted by Crippen LogP contribution is 2.33. The van der Waals surface area contributed by atoms with Gasteiger partial charge in [-0.1, -0.05) is 18.0 Å². The van der Waals surface area contributed by atoms with Gasteiger partial charge >= 0.3 is 0 Å². The number of hydrogen-bond acceptors (Lipinski definition) is 5. The summed E-state index contributed by atoms with van der Waals surface area (Å²) in [5, 5.41) is 4.43. The first-order valence-corrected chi connectivity index (χ1v) is 9.57. The SMILES string of the molecule is COc1ccc(-c2cc([C@@H]3CCCCCN3Cc3ccncc3)no2)cc1. The number of nitrogens with zero attached hydrogens (tertiary/aromatic N) is 3. The summed E-state index contributed by atoms with van der Waals surface area (Å²) in [6.45, 7) is 2.00. The molecule has 0 N–H and O–H groups in total. The minimum Gasteiger partial charge on any atom is -0.497 e. The van der Waals surface area contributed by atoms with Crippen molar-refractivity contribution in [1.29, 1.82) is 0 Å². The summed E-state index contributed by atoms with van der Waals surface area (Å²) < 4.78 is 10.9. The molecule has 3 aromatic rings. The molecule has 0 aliphatic carbocycles. The van der Waals surface area contributed by atoms with E-state index in [4.69, 9.17) is 9.26 Å². The molecule has 27 heavy (non-hydrogen) atoms. The van der Waals surface area contributed by atoms with Gasteiger partial charge in [0, 0.05) is 30.6 Å². The Bertz CT molecular complexity index is 846. The zero-order valence-corrected chi connectivity index (χ0v) is 15.7. The second-order valence-corrected chi connectivity index (χ2v) is 7.04. The molecule has 0 radical (unpaired) electrons. The molecule has 5 nitrogen and oxygen atoms in total. The van der Waals surface area contributed by atoms with Crippen LogP contribution < -0.4 is 4.74 Å². The third-order valence-corrected chi connectivity index (χ3v) is 5.24. The molecule has 1 aliphatic rings. The van der Waals surface area contributed by atoms with E-state index < -0.39 is 0 Å². The highest BCUT2D eigenvalue weighted by atomic mass is 16.5. The first-order chi connectivity index (χ1) is 13.3. The van der Waals surface area contributed by atoms with Gasteiger partial charge in [0.25, 0.3) is 0 Å². The van der Waals surface area contributed by atoms with Gasteiger partial charge in [0.15, 0.2) is 5.76 Å². The summed E-state index contributed by atoms with van der Waals surface area (Å²) >= 11 is 0. The van der Waals surface area contributed by atoms with Crippen LogP contribution in [-0.4, -0.2) is 28.7 Å². The normalized spacial score (nSPS) is 18.2. The van der Waals surface area contributed by atoms with Gasteiger partial charge in [-0.2, -0.15) is 0 Å². The molecule has 1 aromatic carbocycles. The zero-order valence-electron chi connectivity index (χ0n) is 15.7. The zero-order chi connectivity index (χ0) is 18.5. The summed E-state index contributed by atoms with van der Waals surface area (Å²) in [5.74, 6) is 1.64. The van der Waals surface area contributed by atoms with Crippen LogP contribution in [0.5, 0.6) is 5.75 Å². The molecule has 0 spiro atoms. The van der Waals surface area contributed by atoms with Crippen LogP contribution in [-0.2, 0) is 6.54 Å². The van der Waals surface area contributed by atoms with Gasteiger partial charge in [-0.3, -0.25) is 9.88 Å². The maximum atomic E-state index is 5.69. The van der Waals surface area contributed by atoms with Crippen molar-refractivity contribution in [3.05, 3.63) is 66.1 Å². The first-order valence-electron chi connectivity index (χ1n) is 9.57. The second-order valence-electron chi connectivity index (χ2n) is 7.04. The Morgan fingerprint density at radius 1 is 1.07 bits per heavy atom. The molecule has 1 atom stereocenters. The van der Waals surface area contributed by atoms with Crippen LogP contribution in [0.2, 0.25) is 0 Å². The summed E-state index contributed by atoms with van der Waals surface area (Å²) in [4.78, 5) is 6.65. The van der Waals surface area contributed by atoms with Crippen molar-refractivity contribution in [2.45, 2.75) is 38.3 Å². The lowest BCUT2D eigenvalue weighted by molar-refractivity contribution is 0.184. The molecule has 0 amide bonds. The van der Waals surface area contributed by atoms with E-state index >= 15 is 0 Å². The molecular weight excluding hydrogens is 338 g/mol. The molecule has 0 saturated carbocycles. The molecule has 3 heterocycles. The second kappa shape index (κ2) is 8.35. The maximum absolute atomic E-state index is 5.69. The summed E-state index contributed by atoms with van der Waals surface area (Å²) in [6, 6.07) is 14.5. The fraction of sp³-hybridized carbons (Fsp3) is 0.364. The molecule has 1 saturated heterocycles. The Morgan fingerprint density at radius 3 is 2.67 bits per heavy atom. The minimum absolute atomic E-state index is 0.288. The quantitative estimate of drug-likeness (QED) is 0.648. The number of methoxy groups -OCH3 is 1. The lowest BCUT2D eigenvalue weighted by Crippen LogP contribution is -2.28.